The van der Waals surface area contributed by atoms with E-state index in [4.69, 9.17) is 9.47 Å². The molecule has 0 radical (unpaired) electrons. The summed E-state index contributed by atoms with van der Waals surface area (Å²) in [6.45, 7) is 0.448. The molecule has 4 rings (SSSR count). The van der Waals surface area contributed by atoms with Gasteiger partial charge >= 0.3 is 0 Å². The monoisotopic (exact) mass is 374 g/mol. The number of benzene rings is 3. The first-order valence-corrected chi connectivity index (χ1v) is 9.11. The molecule has 0 unspecified atom stereocenters. The van der Waals surface area contributed by atoms with Crippen LogP contribution in [0.5, 0.6) is 11.5 Å². The lowest BCUT2D eigenvalue weighted by molar-refractivity contribution is 0.206. The van der Waals surface area contributed by atoms with E-state index in [1.807, 2.05) is 78.3 Å². The molecule has 0 aliphatic carbocycles. The quantitative estimate of drug-likeness (QED) is 0.548. The topological polar surface area (TPSA) is 56.5 Å². The first-order valence-electron chi connectivity index (χ1n) is 9.11. The van der Waals surface area contributed by atoms with Crippen LogP contribution < -0.4 is 9.47 Å². The minimum absolute atomic E-state index is 0.448. The number of hydrogen-bond donors (Lipinski definition) is 1. The number of imidazole rings is 1. The number of para-hydroxylation sites is 2. The molecule has 0 bridgehead atoms. The van der Waals surface area contributed by atoms with Crippen LogP contribution in [-0.4, -0.2) is 21.8 Å². The van der Waals surface area contributed by atoms with E-state index < -0.39 is 6.10 Å². The largest absolute Gasteiger partial charge is 0.493 e. The number of rotatable bonds is 6. The fourth-order valence-electron chi connectivity index (χ4n) is 3.27. The minimum Gasteiger partial charge on any atom is -0.493 e. The van der Waals surface area contributed by atoms with Crippen LogP contribution in [0.4, 0.5) is 0 Å². The summed E-state index contributed by atoms with van der Waals surface area (Å²) in [4.78, 5) is 4.58. The SMILES string of the molecule is COc1cc([C@@H](O)c2nc3ccccc3n2C)ccc1OCc1ccccc1. The van der Waals surface area contributed by atoms with Crippen molar-refractivity contribution in [3.8, 4) is 11.5 Å². The normalized spacial score (nSPS) is 12.1. The summed E-state index contributed by atoms with van der Waals surface area (Å²) >= 11 is 0. The van der Waals surface area contributed by atoms with Crippen molar-refractivity contribution in [2.75, 3.05) is 7.11 Å². The Kier molecular flexibility index (Phi) is 5.00. The molecule has 0 saturated heterocycles. The van der Waals surface area contributed by atoms with Gasteiger partial charge in [-0.3, -0.25) is 0 Å². The van der Waals surface area contributed by atoms with Gasteiger partial charge in [0.15, 0.2) is 11.5 Å². The Morgan fingerprint density at radius 3 is 2.46 bits per heavy atom. The van der Waals surface area contributed by atoms with E-state index in [1.165, 1.54) is 0 Å². The average molecular weight is 374 g/mol. The third kappa shape index (κ3) is 3.44. The van der Waals surface area contributed by atoms with Gasteiger partial charge in [0, 0.05) is 7.05 Å². The summed E-state index contributed by atoms with van der Waals surface area (Å²) in [5.74, 6) is 1.79. The van der Waals surface area contributed by atoms with Crippen LogP contribution >= 0.6 is 0 Å². The van der Waals surface area contributed by atoms with Gasteiger partial charge in [0.25, 0.3) is 0 Å². The molecule has 1 atom stereocenters. The first-order chi connectivity index (χ1) is 13.7. The highest BCUT2D eigenvalue weighted by molar-refractivity contribution is 5.76. The number of nitrogens with zero attached hydrogens (tertiary/aromatic N) is 2. The van der Waals surface area contributed by atoms with Crippen molar-refractivity contribution in [2.45, 2.75) is 12.7 Å². The number of aromatic nitrogens is 2. The third-order valence-electron chi connectivity index (χ3n) is 4.81. The molecular formula is C23H22N2O3. The van der Waals surface area contributed by atoms with Gasteiger partial charge in [-0.15, -0.1) is 0 Å². The number of hydrogen-bond acceptors (Lipinski definition) is 4. The summed E-state index contributed by atoms with van der Waals surface area (Å²) in [6.07, 6.45) is -0.866. The van der Waals surface area contributed by atoms with Crippen molar-refractivity contribution >= 4 is 11.0 Å². The van der Waals surface area contributed by atoms with Crippen LogP contribution in [-0.2, 0) is 13.7 Å². The standard InChI is InChI=1S/C23H22N2O3/c1-25-19-11-7-6-10-18(19)24-23(25)22(26)17-12-13-20(21(14-17)27-2)28-15-16-8-4-3-5-9-16/h3-14,22,26H,15H2,1-2H3/t22-/m1/s1. The number of aliphatic hydroxyl groups is 1. The van der Waals surface area contributed by atoms with Gasteiger partial charge in [-0.05, 0) is 35.4 Å². The van der Waals surface area contributed by atoms with E-state index in [-0.39, 0.29) is 0 Å². The van der Waals surface area contributed by atoms with E-state index in [9.17, 15) is 5.11 Å². The average Bonchev–Trinajstić information content (AvgIpc) is 3.09. The second-order valence-electron chi connectivity index (χ2n) is 6.60. The molecule has 142 valence electrons. The van der Waals surface area contributed by atoms with Crippen molar-refractivity contribution in [1.82, 2.24) is 9.55 Å². The van der Waals surface area contributed by atoms with Crippen LogP contribution in [0, 0.1) is 0 Å². The summed E-state index contributed by atoms with van der Waals surface area (Å²) in [5.41, 5.74) is 3.61. The van der Waals surface area contributed by atoms with Crippen LogP contribution in [0.15, 0.2) is 72.8 Å². The Hall–Kier alpha value is -3.31. The van der Waals surface area contributed by atoms with Crippen LogP contribution in [0.2, 0.25) is 0 Å². The molecule has 0 spiro atoms. The number of methoxy groups -OCH3 is 1. The third-order valence-corrected chi connectivity index (χ3v) is 4.81. The lowest BCUT2D eigenvalue weighted by Crippen LogP contribution is -2.08. The Morgan fingerprint density at radius 1 is 0.964 bits per heavy atom. The maximum Gasteiger partial charge on any atom is 0.161 e. The summed E-state index contributed by atoms with van der Waals surface area (Å²) < 4.78 is 13.3. The molecule has 4 aromatic rings. The summed E-state index contributed by atoms with van der Waals surface area (Å²) in [5, 5.41) is 10.9. The van der Waals surface area contributed by atoms with Crippen molar-refractivity contribution in [2.24, 2.45) is 7.05 Å². The van der Waals surface area contributed by atoms with E-state index in [2.05, 4.69) is 4.98 Å². The molecule has 5 nitrogen and oxygen atoms in total. The number of ether oxygens (including phenoxy) is 2. The van der Waals surface area contributed by atoms with Crippen molar-refractivity contribution in [3.63, 3.8) is 0 Å². The summed E-state index contributed by atoms with van der Waals surface area (Å²) in [6, 6.07) is 23.2. The lowest BCUT2D eigenvalue weighted by atomic mass is 10.1. The fraction of sp³-hybridized carbons (Fsp3) is 0.174. The molecule has 0 aliphatic heterocycles. The Balaban J connectivity index is 1.60. The Labute approximate surface area is 163 Å². The summed E-state index contributed by atoms with van der Waals surface area (Å²) in [7, 11) is 3.50. The molecule has 1 heterocycles. The number of aliphatic hydroxyl groups excluding tert-OH is 1. The fourth-order valence-corrected chi connectivity index (χ4v) is 3.27. The predicted octanol–water partition coefficient (Wildman–Crippen LogP) is 4.24. The Morgan fingerprint density at radius 2 is 1.71 bits per heavy atom. The van der Waals surface area contributed by atoms with E-state index >= 15 is 0 Å². The van der Waals surface area contributed by atoms with Crippen LogP contribution in [0.25, 0.3) is 11.0 Å². The van der Waals surface area contributed by atoms with Crippen LogP contribution in [0.1, 0.15) is 23.1 Å². The smallest absolute Gasteiger partial charge is 0.161 e. The molecule has 1 N–H and O–H groups in total. The zero-order chi connectivity index (χ0) is 19.5. The molecule has 1 aromatic heterocycles. The zero-order valence-corrected chi connectivity index (χ0v) is 15.9. The van der Waals surface area contributed by atoms with Gasteiger partial charge in [0.05, 0.1) is 18.1 Å². The Bertz CT molecular complexity index is 1090. The maximum atomic E-state index is 10.9. The highest BCUT2D eigenvalue weighted by Crippen LogP contribution is 2.33. The lowest BCUT2D eigenvalue weighted by Gasteiger charge is -2.15. The minimum atomic E-state index is -0.866. The van der Waals surface area contributed by atoms with E-state index in [0.29, 0.717) is 29.5 Å². The highest BCUT2D eigenvalue weighted by Gasteiger charge is 2.19. The molecule has 28 heavy (non-hydrogen) atoms. The first kappa shape index (κ1) is 18.1. The van der Waals surface area contributed by atoms with Gasteiger partial charge in [-0.2, -0.15) is 0 Å². The molecule has 0 fully saturated rings. The highest BCUT2D eigenvalue weighted by atomic mass is 16.5. The van der Waals surface area contributed by atoms with Gasteiger partial charge in [0.1, 0.15) is 18.5 Å². The van der Waals surface area contributed by atoms with Gasteiger partial charge < -0.3 is 19.1 Å². The predicted molar refractivity (Wildman–Crippen MR) is 109 cm³/mol. The van der Waals surface area contributed by atoms with Crippen molar-refractivity contribution in [1.29, 1.82) is 0 Å². The van der Waals surface area contributed by atoms with E-state index in [1.54, 1.807) is 13.2 Å². The van der Waals surface area contributed by atoms with Gasteiger partial charge in [-0.25, -0.2) is 4.98 Å². The van der Waals surface area contributed by atoms with E-state index in [0.717, 1.165) is 16.6 Å². The number of fused-ring (bicyclic) bond motifs is 1. The molecule has 0 saturated carbocycles. The zero-order valence-electron chi connectivity index (χ0n) is 15.9. The number of aryl methyl sites for hydroxylation is 1. The molecule has 0 aliphatic rings. The van der Waals surface area contributed by atoms with Crippen molar-refractivity contribution < 1.29 is 14.6 Å². The van der Waals surface area contributed by atoms with Crippen molar-refractivity contribution in [3.05, 3.63) is 89.7 Å². The van der Waals surface area contributed by atoms with Crippen LogP contribution in [0.3, 0.4) is 0 Å². The maximum absolute atomic E-state index is 10.9. The second kappa shape index (κ2) is 7.74. The molecule has 5 heteroatoms. The molecular weight excluding hydrogens is 352 g/mol. The molecule has 0 amide bonds. The molecule has 3 aromatic carbocycles. The second-order valence-corrected chi connectivity index (χ2v) is 6.60. The van der Waals surface area contributed by atoms with Gasteiger partial charge in [-0.1, -0.05) is 48.5 Å². The van der Waals surface area contributed by atoms with Gasteiger partial charge in [0.2, 0.25) is 0 Å².